The van der Waals surface area contributed by atoms with E-state index in [2.05, 4.69) is 66.4 Å². The van der Waals surface area contributed by atoms with Crippen LogP contribution in [-0.4, -0.2) is 19.7 Å². The SMILES string of the molecule is Cc1ccc(OCC2CCN(c3ccccc3)C2)cc1. The van der Waals surface area contributed by atoms with E-state index in [0.717, 1.165) is 25.4 Å². The largest absolute Gasteiger partial charge is 0.493 e. The molecule has 1 heterocycles. The third-order valence-electron chi connectivity index (χ3n) is 3.91. The number of rotatable bonds is 4. The maximum absolute atomic E-state index is 5.90. The first-order valence-corrected chi connectivity index (χ1v) is 7.31. The van der Waals surface area contributed by atoms with Gasteiger partial charge in [0.05, 0.1) is 6.61 Å². The highest BCUT2D eigenvalue weighted by molar-refractivity contribution is 5.46. The van der Waals surface area contributed by atoms with Gasteiger partial charge in [0.15, 0.2) is 0 Å². The summed E-state index contributed by atoms with van der Waals surface area (Å²) in [5.41, 5.74) is 2.60. The summed E-state index contributed by atoms with van der Waals surface area (Å²) < 4.78 is 5.90. The van der Waals surface area contributed by atoms with Crippen LogP contribution in [0.2, 0.25) is 0 Å². The highest BCUT2D eigenvalue weighted by Crippen LogP contribution is 2.24. The van der Waals surface area contributed by atoms with Gasteiger partial charge in [-0.2, -0.15) is 0 Å². The standard InChI is InChI=1S/C18H21NO/c1-15-7-9-18(10-8-15)20-14-16-11-12-19(13-16)17-5-3-2-4-6-17/h2-10,16H,11-14H2,1H3. The van der Waals surface area contributed by atoms with E-state index in [1.165, 1.54) is 17.7 Å². The van der Waals surface area contributed by atoms with Gasteiger partial charge < -0.3 is 9.64 Å². The molecule has 0 saturated carbocycles. The van der Waals surface area contributed by atoms with Gasteiger partial charge >= 0.3 is 0 Å². The van der Waals surface area contributed by atoms with Gasteiger partial charge in [0.1, 0.15) is 5.75 Å². The molecule has 1 fully saturated rings. The molecule has 0 spiro atoms. The first-order chi connectivity index (χ1) is 9.81. The average molecular weight is 267 g/mol. The molecule has 0 radical (unpaired) electrons. The zero-order valence-corrected chi connectivity index (χ0v) is 12.0. The number of nitrogens with zero attached hydrogens (tertiary/aromatic N) is 1. The first kappa shape index (κ1) is 13.0. The van der Waals surface area contributed by atoms with Crippen molar-refractivity contribution in [2.45, 2.75) is 13.3 Å². The van der Waals surface area contributed by atoms with Gasteiger partial charge in [-0.3, -0.25) is 0 Å². The molecule has 20 heavy (non-hydrogen) atoms. The third-order valence-corrected chi connectivity index (χ3v) is 3.91. The minimum atomic E-state index is 0.622. The van der Waals surface area contributed by atoms with Gasteiger partial charge in [0.25, 0.3) is 0 Å². The van der Waals surface area contributed by atoms with E-state index in [0.29, 0.717) is 5.92 Å². The summed E-state index contributed by atoms with van der Waals surface area (Å²) in [4.78, 5) is 2.45. The van der Waals surface area contributed by atoms with Crippen molar-refractivity contribution in [3.8, 4) is 5.75 Å². The van der Waals surface area contributed by atoms with Crippen molar-refractivity contribution in [1.29, 1.82) is 0 Å². The lowest BCUT2D eigenvalue weighted by molar-refractivity contribution is 0.261. The summed E-state index contributed by atoms with van der Waals surface area (Å²) in [5, 5.41) is 0. The number of aryl methyl sites for hydroxylation is 1. The van der Waals surface area contributed by atoms with Crippen LogP contribution in [0.15, 0.2) is 54.6 Å². The van der Waals surface area contributed by atoms with Gasteiger partial charge in [-0.25, -0.2) is 0 Å². The van der Waals surface area contributed by atoms with Gasteiger partial charge in [0, 0.05) is 24.7 Å². The predicted molar refractivity (Wildman–Crippen MR) is 83.4 cm³/mol. The van der Waals surface area contributed by atoms with E-state index < -0.39 is 0 Å². The Hall–Kier alpha value is -1.96. The topological polar surface area (TPSA) is 12.5 Å². The molecule has 1 aliphatic heterocycles. The highest BCUT2D eigenvalue weighted by Gasteiger charge is 2.23. The van der Waals surface area contributed by atoms with Crippen molar-refractivity contribution >= 4 is 5.69 Å². The smallest absolute Gasteiger partial charge is 0.119 e. The molecule has 2 nitrogen and oxygen atoms in total. The summed E-state index contributed by atoms with van der Waals surface area (Å²) in [6, 6.07) is 18.9. The Morgan fingerprint density at radius 3 is 2.55 bits per heavy atom. The number of anilines is 1. The number of ether oxygens (including phenoxy) is 1. The maximum Gasteiger partial charge on any atom is 0.119 e. The molecule has 1 aliphatic rings. The van der Waals surface area contributed by atoms with Crippen molar-refractivity contribution in [3.63, 3.8) is 0 Å². The Labute approximate surface area is 121 Å². The maximum atomic E-state index is 5.90. The van der Waals surface area contributed by atoms with Gasteiger partial charge in [-0.1, -0.05) is 35.9 Å². The first-order valence-electron chi connectivity index (χ1n) is 7.31. The molecule has 2 aromatic carbocycles. The fourth-order valence-corrected chi connectivity index (χ4v) is 2.69. The molecular formula is C18H21NO. The fourth-order valence-electron chi connectivity index (χ4n) is 2.69. The molecule has 1 saturated heterocycles. The van der Waals surface area contributed by atoms with E-state index in [-0.39, 0.29) is 0 Å². The zero-order valence-electron chi connectivity index (χ0n) is 12.0. The van der Waals surface area contributed by atoms with Gasteiger partial charge in [0.2, 0.25) is 0 Å². The quantitative estimate of drug-likeness (QED) is 0.833. The number of benzene rings is 2. The summed E-state index contributed by atoms with van der Waals surface area (Å²) in [6.45, 7) is 5.13. The molecule has 0 N–H and O–H groups in total. The van der Waals surface area contributed by atoms with Crippen LogP contribution in [-0.2, 0) is 0 Å². The molecule has 1 atom stereocenters. The van der Waals surface area contributed by atoms with Crippen LogP contribution >= 0.6 is 0 Å². The van der Waals surface area contributed by atoms with Crippen molar-refractivity contribution < 1.29 is 4.74 Å². The van der Waals surface area contributed by atoms with E-state index in [4.69, 9.17) is 4.74 Å². The Bertz CT molecular complexity index is 535. The molecule has 104 valence electrons. The van der Waals surface area contributed by atoms with Crippen LogP contribution in [0.5, 0.6) is 5.75 Å². The van der Waals surface area contributed by atoms with Crippen molar-refractivity contribution in [1.82, 2.24) is 0 Å². The number of hydrogen-bond donors (Lipinski definition) is 0. The van der Waals surface area contributed by atoms with Crippen molar-refractivity contribution in [2.75, 3.05) is 24.6 Å². The van der Waals surface area contributed by atoms with Crippen LogP contribution in [0.3, 0.4) is 0 Å². The lowest BCUT2D eigenvalue weighted by Crippen LogP contribution is -2.21. The van der Waals surface area contributed by atoms with Crippen LogP contribution in [0.25, 0.3) is 0 Å². The van der Waals surface area contributed by atoms with E-state index in [9.17, 15) is 0 Å². The lowest BCUT2D eigenvalue weighted by atomic mass is 10.1. The Kier molecular flexibility index (Phi) is 3.91. The fraction of sp³-hybridized carbons (Fsp3) is 0.333. The molecule has 2 heteroatoms. The lowest BCUT2D eigenvalue weighted by Gasteiger charge is -2.18. The van der Waals surface area contributed by atoms with Crippen LogP contribution in [0.1, 0.15) is 12.0 Å². The van der Waals surface area contributed by atoms with E-state index >= 15 is 0 Å². The van der Waals surface area contributed by atoms with E-state index in [1.807, 2.05) is 0 Å². The third kappa shape index (κ3) is 3.13. The second-order valence-corrected chi connectivity index (χ2v) is 5.56. The second kappa shape index (κ2) is 6.00. The van der Waals surface area contributed by atoms with Gasteiger partial charge in [-0.15, -0.1) is 0 Å². The molecule has 2 aromatic rings. The molecule has 0 amide bonds. The van der Waals surface area contributed by atoms with E-state index in [1.54, 1.807) is 0 Å². The molecule has 1 unspecified atom stereocenters. The van der Waals surface area contributed by atoms with Gasteiger partial charge in [-0.05, 0) is 37.6 Å². The van der Waals surface area contributed by atoms with Crippen LogP contribution < -0.4 is 9.64 Å². The second-order valence-electron chi connectivity index (χ2n) is 5.56. The Morgan fingerprint density at radius 1 is 1.05 bits per heavy atom. The molecule has 0 bridgehead atoms. The molecule has 0 aromatic heterocycles. The summed E-state index contributed by atoms with van der Waals surface area (Å²) >= 11 is 0. The zero-order chi connectivity index (χ0) is 13.8. The molecule has 3 rings (SSSR count). The molecule has 0 aliphatic carbocycles. The molecular weight excluding hydrogens is 246 g/mol. The predicted octanol–water partition coefficient (Wildman–Crippen LogP) is 3.90. The van der Waals surface area contributed by atoms with Crippen molar-refractivity contribution in [2.24, 2.45) is 5.92 Å². The minimum Gasteiger partial charge on any atom is -0.493 e. The van der Waals surface area contributed by atoms with Crippen molar-refractivity contribution in [3.05, 3.63) is 60.2 Å². The highest BCUT2D eigenvalue weighted by atomic mass is 16.5. The summed E-state index contributed by atoms with van der Waals surface area (Å²) in [7, 11) is 0. The van der Waals surface area contributed by atoms with Crippen LogP contribution in [0.4, 0.5) is 5.69 Å². The minimum absolute atomic E-state index is 0.622. The summed E-state index contributed by atoms with van der Waals surface area (Å²) in [5.74, 6) is 1.60. The Balaban J connectivity index is 1.52. The number of hydrogen-bond acceptors (Lipinski definition) is 2. The normalized spacial score (nSPS) is 18.2. The monoisotopic (exact) mass is 267 g/mol. The Morgan fingerprint density at radius 2 is 1.80 bits per heavy atom. The summed E-state index contributed by atoms with van der Waals surface area (Å²) in [6.07, 6.45) is 1.21. The van der Waals surface area contributed by atoms with Crippen LogP contribution in [0, 0.1) is 12.8 Å². The number of para-hydroxylation sites is 1. The average Bonchev–Trinajstić information content (AvgIpc) is 2.97.